The molecule has 2 N–H and O–H groups in total. The summed E-state index contributed by atoms with van der Waals surface area (Å²) in [7, 11) is -0.553. The van der Waals surface area contributed by atoms with Gasteiger partial charge in [-0.05, 0) is 47.7 Å². The van der Waals surface area contributed by atoms with E-state index >= 15 is 0 Å². The molecule has 0 aromatic heterocycles. The van der Waals surface area contributed by atoms with Crippen LogP contribution in [0.4, 0.5) is 11.4 Å². The van der Waals surface area contributed by atoms with Gasteiger partial charge in [-0.1, -0.05) is 39.0 Å². The summed E-state index contributed by atoms with van der Waals surface area (Å²) in [4.78, 5) is 12.5. The van der Waals surface area contributed by atoms with Crippen LogP contribution in [0.3, 0.4) is 0 Å². The second kappa shape index (κ2) is 8.32. The number of rotatable bonds is 6. The summed E-state index contributed by atoms with van der Waals surface area (Å²) < 4.78 is 25.7. The zero-order valence-corrected chi connectivity index (χ0v) is 18.1. The number of amides is 1. The zero-order valence-electron chi connectivity index (χ0n) is 17.3. The van der Waals surface area contributed by atoms with Gasteiger partial charge in [0.15, 0.2) is 0 Å². The minimum absolute atomic E-state index is 0.0350. The summed E-state index contributed by atoms with van der Waals surface area (Å²) in [6.07, 6.45) is 0. The van der Waals surface area contributed by atoms with Crippen molar-refractivity contribution in [3.05, 3.63) is 53.6 Å². The highest BCUT2D eigenvalue weighted by Crippen LogP contribution is 2.24. The van der Waals surface area contributed by atoms with E-state index in [2.05, 4.69) is 31.4 Å². The third-order valence-electron chi connectivity index (χ3n) is 4.46. The Morgan fingerprint density at radius 1 is 1.04 bits per heavy atom. The maximum Gasteiger partial charge on any atom is 0.243 e. The molecule has 0 aliphatic rings. The second-order valence-electron chi connectivity index (χ2n) is 7.99. The van der Waals surface area contributed by atoms with Crippen LogP contribution in [-0.2, 0) is 20.2 Å². The first-order valence-corrected chi connectivity index (χ1v) is 10.5. The Labute approximate surface area is 168 Å². The molecule has 0 saturated heterocycles. The van der Waals surface area contributed by atoms with E-state index in [4.69, 9.17) is 0 Å². The van der Waals surface area contributed by atoms with Gasteiger partial charge in [-0.3, -0.25) is 4.79 Å². The minimum atomic E-state index is -3.53. The first-order chi connectivity index (χ1) is 12.9. The van der Waals surface area contributed by atoms with Gasteiger partial charge in [-0.2, -0.15) is 0 Å². The van der Waals surface area contributed by atoms with Crippen LogP contribution in [0.2, 0.25) is 0 Å². The number of carbonyl (C=O) groups excluding carboxylic acids is 1. The first-order valence-electron chi connectivity index (χ1n) is 9.09. The van der Waals surface area contributed by atoms with E-state index in [1.54, 1.807) is 18.2 Å². The molecule has 0 spiro atoms. The summed E-state index contributed by atoms with van der Waals surface area (Å²) in [5.41, 5.74) is 3.44. The van der Waals surface area contributed by atoms with Crippen molar-refractivity contribution in [2.24, 2.45) is 0 Å². The van der Waals surface area contributed by atoms with E-state index in [1.165, 1.54) is 19.7 Å². The number of benzene rings is 2. The number of hydrogen-bond donors (Lipinski definition) is 2. The maximum absolute atomic E-state index is 12.3. The Hall–Kier alpha value is -2.38. The van der Waals surface area contributed by atoms with Gasteiger partial charge in [-0.25, -0.2) is 12.7 Å². The fourth-order valence-corrected chi connectivity index (χ4v) is 3.53. The van der Waals surface area contributed by atoms with E-state index in [1.807, 2.05) is 31.2 Å². The Kier molecular flexibility index (Phi) is 6.52. The summed E-state index contributed by atoms with van der Waals surface area (Å²) in [6, 6.07) is 12.6. The number of nitrogens with zero attached hydrogens (tertiary/aromatic N) is 1. The summed E-state index contributed by atoms with van der Waals surface area (Å²) in [5, 5.41) is 5.87. The van der Waals surface area contributed by atoms with Crippen LogP contribution >= 0.6 is 0 Å². The smallest absolute Gasteiger partial charge is 0.243 e. The molecule has 152 valence electrons. The normalized spacial score (nSPS) is 12.1. The molecular weight excluding hydrogens is 374 g/mol. The van der Waals surface area contributed by atoms with Crippen molar-refractivity contribution in [3.8, 4) is 0 Å². The number of nitrogens with one attached hydrogen (secondary N) is 2. The van der Waals surface area contributed by atoms with Crippen LogP contribution in [0.15, 0.2) is 47.4 Å². The van der Waals surface area contributed by atoms with Gasteiger partial charge in [0, 0.05) is 25.5 Å². The third kappa shape index (κ3) is 5.33. The Morgan fingerprint density at radius 3 is 2.18 bits per heavy atom. The van der Waals surface area contributed by atoms with Gasteiger partial charge >= 0.3 is 0 Å². The molecule has 2 aromatic carbocycles. The highest BCUT2D eigenvalue weighted by molar-refractivity contribution is 7.89. The number of anilines is 2. The molecule has 2 rings (SSSR count). The van der Waals surface area contributed by atoms with Crippen molar-refractivity contribution in [1.82, 2.24) is 4.31 Å². The van der Waals surface area contributed by atoms with Crippen LogP contribution in [0.1, 0.15) is 31.9 Å². The number of carbonyl (C=O) groups is 1. The average Bonchev–Trinajstić information content (AvgIpc) is 2.60. The zero-order chi connectivity index (χ0) is 21.1. The van der Waals surface area contributed by atoms with Crippen LogP contribution in [0.25, 0.3) is 0 Å². The summed E-state index contributed by atoms with van der Waals surface area (Å²) in [6.45, 7) is 8.30. The van der Waals surface area contributed by atoms with Gasteiger partial charge in [0.05, 0.1) is 11.4 Å². The molecule has 0 bridgehead atoms. The molecule has 0 fully saturated rings. The number of sulfonamides is 1. The quantitative estimate of drug-likeness (QED) is 0.773. The van der Waals surface area contributed by atoms with Gasteiger partial charge in [0.25, 0.3) is 0 Å². The highest BCUT2D eigenvalue weighted by atomic mass is 32.2. The second-order valence-corrected chi connectivity index (χ2v) is 10.1. The number of hydrogen-bond acceptors (Lipinski definition) is 4. The van der Waals surface area contributed by atoms with E-state index in [0.717, 1.165) is 15.6 Å². The fourth-order valence-electron chi connectivity index (χ4n) is 2.60. The monoisotopic (exact) mass is 403 g/mol. The molecule has 0 atom stereocenters. The molecule has 1 amide bonds. The predicted octanol–water partition coefficient (Wildman–Crippen LogP) is 3.59. The molecule has 0 unspecified atom stereocenters. The largest absolute Gasteiger partial charge is 0.376 e. The lowest BCUT2D eigenvalue weighted by Gasteiger charge is -2.19. The highest BCUT2D eigenvalue weighted by Gasteiger charge is 2.18. The van der Waals surface area contributed by atoms with E-state index in [0.29, 0.717) is 5.69 Å². The third-order valence-corrected chi connectivity index (χ3v) is 6.27. The SMILES string of the molecule is Cc1ccc(S(=O)(=O)N(C)C)cc1NCC(=O)Nc1ccc(C(C)(C)C)cc1. The lowest BCUT2D eigenvalue weighted by Crippen LogP contribution is -2.24. The lowest BCUT2D eigenvalue weighted by molar-refractivity contribution is -0.114. The molecule has 0 radical (unpaired) electrons. The molecule has 0 aliphatic carbocycles. The summed E-state index contributed by atoms with van der Waals surface area (Å²) in [5.74, 6) is -0.205. The predicted molar refractivity (Wildman–Crippen MR) is 114 cm³/mol. The van der Waals surface area contributed by atoms with Crippen molar-refractivity contribution in [2.75, 3.05) is 31.3 Å². The van der Waals surface area contributed by atoms with Crippen LogP contribution in [-0.4, -0.2) is 39.3 Å². The Balaban J connectivity index is 2.05. The Morgan fingerprint density at radius 2 is 1.64 bits per heavy atom. The van der Waals surface area contributed by atoms with Crippen LogP contribution in [0, 0.1) is 6.92 Å². The van der Waals surface area contributed by atoms with E-state index in [-0.39, 0.29) is 22.8 Å². The number of aryl methyl sites for hydroxylation is 1. The summed E-state index contributed by atoms with van der Waals surface area (Å²) >= 11 is 0. The van der Waals surface area contributed by atoms with Gasteiger partial charge < -0.3 is 10.6 Å². The molecule has 2 aromatic rings. The average molecular weight is 404 g/mol. The van der Waals surface area contributed by atoms with Crippen molar-refractivity contribution in [3.63, 3.8) is 0 Å². The van der Waals surface area contributed by atoms with Crippen molar-refractivity contribution in [1.29, 1.82) is 0 Å². The fraction of sp³-hybridized carbons (Fsp3) is 0.381. The van der Waals surface area contributed by atoms with E-state index in [9.17, 15) is 13.2 Å². The van der Waals surface area contributed by atoms with Crippen molar-refractivity contribution in [2.45, 2.75) is 38.0 Å². The minimum Gasteiger partial charge on any atom is -0.376 e. The molecule has 0 aliphatic heterocycles. The standard InChI is InChI=1S/C21H29N3O3S/c1-15-7-12-18(28(26,27)24(5)6)13-19(15)22-14-20(25)23-17-10-8-16(9-11-17)21(2,3)4/h7-13,22H,14H2,1-6H3,(H,23,25). The van der Waals surface area contributed by atoms with Crippen LogP contribution in [0.5, 0.6) is 0 Å². The lowest BCUT2D eigenvalue weighted by atomic mass is 9.87. The van der Waals surface area contributed by atoms with E-state index < -0.39 is 10.0 Å². The van der Waals surface area contributed by atoms with Gasteiger partial charge in [0.2, 0.25) is 15.9 Å². The Bertz CT molecular complexity index is 944. The van der Waals surface area contributed by atoms with Crippen molar-refractivity contribution < 1.29 is 13.2 Å². The maximum atomic E-state index is 12.3. The first kappa shape index (κ1) is 21.9. The topological polar surface area (TPSA) is 78.5 Å². The molecular formula is C21H29N3O3S. The van der Waals surface area contributed by atoms with Crippen molar-refractivity contribution >= 4 is 27.3 Å². The van der Waals surface area contributed by atoms with Gasteiger partial charge in [0.1, 0.15) is 0 Å². The van der Waals surface area contributed by atoms with Gasteiger partial charge in [-0.15, -0.1) is 0 Å². The molecule has 28 heavy (non-hydrogen) atoms. The molecule has 7 heteroatoms. The molecule has 6 nitrogen and oxygen atoms in total. The van der Waals surface area contributed by atoms with Crippen LogP contribution < -0.4 is 10.6 Å². The molecule has 0 saturated carbocycles. The molecule has 0 heterocycles.